The number of nitrogens with zero attached hydrogens (tertiary/aromatic N) is 2. The maximum atomic E-state index is 13.0. The monoisotopic (exact) mass is 316 g/mol. The average molecular weight is 316 g/mol. The molecule has 1 aromatic rings. The Hall–Kier alpha value is -1.86. The number of anilines is 1. The summed E-state index contributed by atoms with van der Waals surface area (Å²) < 4.78 is 38.9. The minimum atomic E-state index is -4.53. The van der Waals surface area contributed by atoms with E-state index in [2.05, 4.69) is 20.6 Å². The molecule has 1 saturated carbocycles. The molecule has 0 aromatic carbocycles. The summed E-state index contributed by atoms with van der Waals surface area (Å²) in [6.07, 6.45) is -0.637. The minimum Gasteiger partial charge on any atom is -0.366 e. The van der Waals surface area contributed by atoms with E-state index in [-0.39, 0.29) is 29.7 Å². The van der Waals surface area contributed by atoms with Gasteiger partial charge in [0.2, 0.25) is 5.91 Å². The number of nitrogens with one attached hydrogen (secondary N) is 2. The first-order valence-corrected chi connectivity index (χ1v) is 7.23. The van der Waals surface area contributed by atoms with Gasteiger partial charge in [0, 0.05) is 18.3 Å². The molecule has 8 heteroatoms. The van der Waals surface area contributed by atoms with Crippen LogP contribution < -0.4 is 10.6 Å². The van der Waals surface area contributed by atoms with E-state index in [1.807, 2.05) is 13.8 Å². The fourth-order valence-electron chi connectivity index (χ4n) is 2.67. The third-order valence-corrected chi connectivity index (χ3v) is 3.62. The molecular formula is C14H19F3N4O. The van der Waals surface area contributed by atoms with Crippen molar-refractivity contribution in [3.63, 3.8) is 0 Å². The Labute approximate surface area is 126 Å². The van der Waals surface area contributed by atoms with Crippen LogP contribution in [0, 0.1) is 5.92 Å². The summed E-state index contributed by atoms with van der Waals surface area (Å²) in [6, 6.07) is -0.353. The van der Waals surface area contributed by atoms with E-state index >= 15 is 0 Å². The van der Waals surface area contributed by atoms with Gasteiger partial charge in [0.25, 0.3) is 0 Å². The molecule has 0 saturated heterocycles. The molecule has 0 bridgehead atoms. The van der Waals surface area contributed by atoms with Gasteiger partial charge in [0.1, 0.15) is 17.7 Å². The Balaban J connectivity index is 2.15. The third kappa shape index (κ3) is 3.86. The molecule has 1 aliphatic rings. The summed E-state index contributed by atoms with van der Waals surface area (Å²) >= 11 is 0. The molecule has 1 aromatic heterocycles. The molecule has 0 aliphatic heterocycles. The summed E-state index contributed by atoms with van der Waals surface area (Å²) in [5.41, 5.74) is -0.912. The Kier molecular flexibility index (Phi) is 4.87. The summed E-state index contributed by atoms with van der Waals surface area (Å²) in [4.78, 5) is 19.3. The van der Waals surface area contributed by atoms with Gasteiger partial charge in [-0.1, -0.05) is 6.42 Å². The quantitative estimate of drug-likeness (QED) is 0.896. The topological polar surface area (TPSA) is 66.9 Å². The van der Waals surface area contributed by atoms with E-state index in [0.717, 1.165) is 18.9 Å². The largest absolute Gasteiger partial charge is 0.421 e. The highest BCUT2D eigenvalue weighted by atomic mass is 19.4. The lowest BCUT2D eigenvalue weighted by atomic mass is 10.0. The second-order valence-corrected chi connectivity index (χ2v) is 5.73. The second-order valence-electron chi connectivity index (χ2n) is 5.73. The average Bonchev–Trinajstić information content (AvgIpc) is 2.85. The number of rotatable bonds is 4. The predicted octanol–water partition coefficient (Wildman–Crippen LogP) is 2.60. The van der Waals surface area contributed by atoms with Gasteiger partial charge in [-0.2, -0.15) is 13.2 Å². The Morgan fingerprint density at radius 1 is 1.36 bits per heavy atom. The van der Waals surface area contributed by atoms with Gasteiger partial charge in [0.15, 0.2) is 0 Å². The number of alkyl halides is 3. The molecule has 1 amide bonds. The van der Waals surface area contributed by atoms with Crippen LogP contribution in [-0.4, -0.2) is 28.0 Å². The van der Waals surface area contributed by atoms with Crippen molar-refractivity contribution >= 4 is 11.7 Å². The van der Waals surface area contributed by atoms with Crippen LogP contribution in [0.1, 0.15) is 38.7 Å². The Morgan fingerprint density at radius 2 is 2.09 bits per heavy atom. The third-order valence-electron chi connectivity index (χ3n) is 3.62. The molecule has 5 nitrogen and oxygen atoms in total. The van der Waals surface area contributed by atoms with Gasteiger partial charge in [-0.15, -0.1) is 0 Å². The molecule has 2 rings (SSSR count). The zero-order valence-electron chi connectivity index (χ0n) is 12.4. The molecule has 122 valence electrons. The van der Waals surface area contributed by atoms with Crippen LogP contribution in [0.25, 0.3) is 0 Å². The molecular weight excluding hydrogens is 297 g/mol. The van der Waals surface area contributed by atoms with Gasteiger partial charge >= 0.3 is 6.18 Å². The smallest absolute Gasteiger partial charge is 0.366 e. The zero-order valence-corrected chi connectivity index (χ0v) is 12.4. The summed E-state index contributed by atoms with van der Waals surface area (Å²) in [5, 5.41) is 5.60. The molecule has 2 atom stereocenters. The number of aromatic nitrogens is 2. The number of amides is 1. The lowest BCUT2D eigenvalue weighted by Gasteiger charge is -2.23. The normalized spacial score (nSPS) is 21.9. The van der Waals surface area contributed by atoms with E-state index in [4.69, 9.17) is 0 Å². The highest BCUT2D eigenvalue weighted by molar-refractivity contribution is 5.80. The van der Waals surface area contributed by atoms with Crippen LogP contribution in [0.5, 0.6) is 0 Å². The number of carbonyl (C=O) groups is 1. The maximum absolute atomic E-state index is 13.0. The number of carbonyl (C=O) groups excluding carboxylic acids is 1. The van der Waals surface area contributed by atoms with Crippen LogP contribution in [0.2, 0.25) is 0 Å². The molecule has 0 unspecified atom stereocenters. The molecule has 1 heterocycles. The molecule has 1 aliphatic carbocycles. The van der Waals surface area contributed by atoms with Crippen LogP contribution >= 0.6 is 0 Å². The van der Waals surface area contributed by atoms with E-state index in [9.17, 15) is 18.0 Å². The number of hydrogen-bond acceptors (Lipinski definition) is 4. The van der Waals surface area contributed by atoms with Crippen LogP contribution in [0.4, 0.5) is 19.0 Å². The fourth-order valence-corrected chi connectivity index (χ4v) is 2.67. The predicted molar refractivity (Wildman–Crippen MR) is 75.1 cm³/mol. The van der Waals surface area contributed by atoms with E-state index in [1.165, 1.54) is 0 Å². The summed E-state index contributed by atoms with van der Waals surface area (Å²) in [5.74, 6) is -0.747. The summed E-state index contributed by atoms with van der Waals surface area (Å²) in [6.45, 7) is 3.70. The number of halogens is 3. The first kappa shape index (κ1) is 16.5. The molecule has 0 spiro atoms. The van der Waals surface area contributed by atoms with E-state index in [1.54, 1.807) is 0 Å². The zero-order chi connectivity index (χ0) is 16.3. The van der Waals surface area contributed by atoms with Gasteiger partial charge in [0.05, 0.1) is 5.92 Å². The van der Waals surface area contributed by atoms with Gasteiger partial charge < -0.3 is 10.6 Å². The van der Waals surface area contributed by atoms with Crippen LogP contribution in [-0.2, 0) is 11.0 Å². The minimum absolute atomic E-state index is 0.00136. The first-order chi connectivity index (χ1) is 10.3. The van der Waals surface area contributed by atoms with Crippen molar-refractivity contribution in [3.05, 3.63) is 18.1 Å². The fraction of sp³-hybridized carbons (Fsp3) is 0.643. The SMILES string of the molecule is CC(C)NC(=O)[C@H]1CCC[C@H]1Nc1ncncc1C(F)(F)F. The van der Waals surface area contributed by atoms with Crippen molar-refractivity contribution in [1.82, 2.24) is 15.3 Å². The van der Waals surface area contributed by atoms with Crippen molar-refractivity contribution in [2.75, 3.05) is 5.32 Å². The lowest BCUT2D eigenvalue weighted by molar-refractivity contribution is -0.137. The second kappa shape index (κ2) is 6.50. The molecule has 2 N–H and O–H groups in total. The maximum Gasteiger partial charge on any atom is 0.421 e. The lowest BCUT2D eigenvalue weighted by Crippen LogP contribution is -2.41. The first-order valence-electron chi connectivity index (χ1n) is 7.23. The van der Waals surface area contributed by atoms with Crippen LogP contribution in [0.3, 0.4) is 0 Å². The van der Waals surface area contributed by atoms with Crippen LogP contribution in [0.15, 0.2) is 12.5 Å². The van der Waals surface area contributed by atoms with E-state index < -0.39 is 11.7 Å². The van der Waals surface area contributed by atoms with E-state index in [0.29, 0.717) is 12.8 Å². The molecule has 0 radical (unpaired) electrons. The molecule has 1 fully saturated rings. The van der Waals surface area contributed by atoms with Crippen molar-refractivity contribution in [3.8, 4) is 0 Å². The van der Waals surface area contributed by atoms with Gasteiger partial charge in [-0.3, -0.25) is 4.79 Å². The highest BCUT2D eigenvalue weighted by Crippen LogP contribution is 2.35. The standard InChI is InChI=1S/C14H19F3N4O/c1-8(2)20-13(22)9-4-3-5-11(9)21-12-10(14(15,16)17)6-18-7-19-12/h6-9,11H,3-5H2,1-2H3,(H,20,22)(H,18,19,21)/t9-,11+/m0/s1. The van der Waals surface area contributed by atoms with Crippen molar-refractivity contribution in [2.24, 2.45) is 5.92 Å². The highest BCUT2D eigenvalue weighted by Gasteiger charge is 2.38. The number of hydrogen-bond donors (Lipinski definition) is 2. The van der Waals surface area contributed by atoms with Crippen molar-refractivity contribution in [1.29, 1.82) is 0 Å². The van der Waals surface area contributed by atoms with Gasteiger partial charge in [-0.25, -0.2) is 9.97 Å². The Morgan fingerprint density at radius 3 is 2.73 bits per heavy atom. The van der Waals surface area contributed by atoms with Crippen molar-refractivity contribution < 1.29 is 18.0 Å². The Bertz CT molecular complexity index is 533. The van der Waals surface area contributed by atoms with Gasteiger partial charge in [-0.05, 0) is 26.7 Å². The molecule has 22 heavy (non-hydrogen) atoms. The summed E-state index contributed by atoms with van der Waals surface area (Å²) in [7, 11) is 0. The van der Waals surface area contributed by atoms with Crippen molar-refractivity contribution in [2.45, 2.75) is 51.4 Å².